The molecule has 3 heterocycles. The highest BCUT2D eigenvalue weighted by Crippen LogP contribution is 2.40. The number of fused-ring (bicyclic) bond motifs is 3. The lowest BCUT2D eigenvalue weighted by atomic mass is 9.93. The van der Waals surface area contributed by atoms with Crippen LogP contribution in [0.2, 0.25) is 0 Å². The number of hydrogen-bond acceptors (Lipinski definition) is 7. The largest absolute Gasteiger partial charge is 0.454 e. The molecule has 1 aliphatic carbocycles. The summed E-state index contributed by atoms with van der Waals surface area (Å²) in [6.45, 7) is 2.60. The molecule has 1 aliphatic heterocycles. The number of nitrogens with one attached hydrogen (secondary N) is 1. The van der Waals surface area contributed by atoms with Crippen molar-refractivity contribution in [2.75, 3.05) is 12.1 Å². The molecule has 7 heteroatoms. The van der Waals surface area contributed by atoms with Crippen LogP contribution in [0.3, 0.4) is 0 Å². The highest BCUT2D eigenvalue weighted by molar-refractivity contribution is 7.22. The van der Waals surface area contributed by atoms with Crippen LogP contribution in [0.15, 0.2) is 12.1 Å². The number of hydrogen-bond donors (Lipinski definition) is 1. The van der Waals surface area contributed by atoms with Crippen LogP contribution in [0.1, 0.15) is 23.9 Å². The summed E-state index contributed by atoms with van der Waals surface area (Å²) in [6, 6.07) is 3.93. The summed E-state index contributed by atoms with van der Waals surface area (Å²) in [5.74, 6) is 2.33. The zero-order valence-electron chi connectivity index (χ0n) is 12.6. The van der Waals surface area contributed by atoms with E-state index in [1.807, 2.05) is 12.1 Å². The molecule has 118 valence electrons. The van der Waals surface area contributed by atoms with Gasteiger partial charge in [-0.15, -0.1) is 11.3 Å². The fraction of sp³-hybridized carbons (Fsp3) is 0.375. The Kier molecular flexibility index (Phi) is 2.99. The molecule has 1 N–H and O–H groups in total. The molecule has 0 unspecified atom stereocenters. The zero-order valence-corrected chi connectivity index (χ0v) is 14.2. The third-order valence-electron chi connectivity index (χ3n) is 4.28. The number of benzene rings is 1. The molecule has 3 aromatic rings. The van der Waals surface area contributed by atoms with Crippen LogP contribution in [0.5, 0.6) is 11.5 Å². The second-order valence-corrected chi connectivity index (χ2v) is 8.17. The summed E-state index contributed by atoms with van der Waals surface area (Å²) < 4.78 is 11.9. The molecule has 5 nitrogen and oxygen atoms in total. The summed E-state index contributed by atoms with van der Waals surface area (Å²) in [5.41, 5.74) is 2.19. The highest BCUT2D eigenvalue weighted by atomic mass is 32.1. The summed E-state index contributed by atoms with van der Waals surface area (Å²) in [4.78, 5) is 10.8. The molecule has 0 fully saturated rings. The van der Waals surface area contributed by atoms with Crippen molar-refractivity contribution < 1.29 is 9.47 Å². The topological polar surface area (TPSA) is 56.3 Å². The average molecular weight is 345 g/mol. The number of aromatic nitrogens is 2. The maximum atomic E-state index is 5.43. The lowest BCUT2D eigenvalue weighted by molar-refractivity contribution is 0.174. The molecule has 0 radical (unpaired) electrons. The van der Waals surface area contributed by atoms with Gasteiger partial charge in [0.1, 0.15) is 0 Å². The third kappa shape index (κ3) is 2.35. The van der Waals surface area contributed by atoms with E-state index in [1.165, 1.54) is 17.0 Å². The Hall–Kier alpha value is -1.86. The van der Waals surface area contributed by atoms with Crippen molar-refractivity contribution in [1.82, 2.24) is 9.97 Å². The van der Waals surface area contributed by atoms with Crippen LogP contribution < -0.4 is 14.8 Å². The van der Waals surface area contributed by atoms with E-state index in [0.29, 0.717) is 6.79 Å². The predicted molar refractivity (Wildman–Crippen MR) is 92.3 cm³/mol. The van der Waals surface area contributed by atoms with Gasteiger partial charge in [0, 0.05) is 17.0 Å². The summed E-state index contributed by atoms with van der Waals surface area (Å²) in [6.07, 6.45) is 3.48. The van der Waals surface area contributed by atoms with Gasteiger partial charge in [-0.3, -0.25) is 0 Å². The molecule has 1 aromatic carbocycles. The van der Waals surface area contributed by atoms with Gasteiger partial charge < -0.3 is 14.8 Å². The first-order valence-electron chi connectivity index (χ1n) is 7.70. The quantitative estimate of drug-likeness (QED) is 0.748. The van der Waals surface area contributed by atoms with Crippen LogP contribution in [-0.4, -0.2) is 16.8 Å². The average Bonchev–Trinajstić information content (AvgIpc) is 3.20. The Morgan fingerprint density at radius 3 is 2.87 bits per heavy atom. The Labute approximate surface area is 141 Å². The minimum atomic E-state index is 0.292. The Balaban J connectivity index is 1.45. The summed E-state index contributed by atoms with van der Waals surface area (Å²) in [7, 11) is 0. The van der Waals surface area contributed by atoms with E-state index in [0.717, 1.165) is 50.7 Å². The van der Waals surface area contributed by atoms with Crippen LogP contribution in [-0.2, 0) is 12.8 Å². The molecule has 2 aliphatic rings. The van der Waals surface area contributed by atoms with Gasteiger partial charge in [0.25, 0.3) is 0 Å². The number of rotatable bonds is 2. The van der Waals surface area contributed by atoms with Gasteiger partial charge in [-0.25, -0.2) is 9.97 Å². The maximum absolute atomic E-state index is 5.43. The molecule has 1 atom stereocenters. The molecule has 23 heavy (non-hydrogen) atoms. The van der Waals surface area contributed by atoms with Crippen molar-refractivity contribution >= 4 is 43.2 Å². The van der Waals surface area contributed by atoms with Crippen molar-refractivity contribution in [3.63, 3.8) is 0 Å². The number of nitrogens with zero attached hydrogens (tertiary/aromatic N) is 2. The third-order valence-corrected chi connectivity index (χ3v) is 6.25. The fourth-order valence-corrected chi connectivity index (χ4v) is 5.17. The monoisotopic (exact) mass is 345 g/mol. The molecule has 0 saturated carbocycles. The van der Waals surface area contributed by atoms with E-state index in [-0.39, 0.29) is 0 Å². The maximum Gasteiger partial charge on any atom is 0.231 e. The Morgan fingerprint density at radius 2 is 1.96 bits per heavy atom. The second-order valence-electron chi connectivity index (χ2n) is 6.05. The first-order valence-corrected chi connectivity index (χ1v) is 9.34. The number of ether oxygens (including phenoxy) is 2. The van der Waals surface area contributed by atoms with Gasteiger partial charge in [-0.1, -0.05) is 18.3 Å². The molecule has 5 rings (SSSR count). The predicted octanol–water partition coefficient (Wildman–Crippen LogP) is 4.35. The van der Waals surface area contributed by atoms with Crippen molar-refractivity contribution in [3.05, 3.63) is 22.7 Å². The minimum absolute atomic E-state index is 0.292. The molecular formula is C16H15N3O2S2. The number of thiazole rings is 2. The minimum Gasteiger partial charge on any atom is -0.454 e. The van der Waals surface area contributed by atoms with Crippen molar-refractivity contribution in [2.45, 2.75) is 26.2 Å². The molecule has 0 spiro atoms. The molecular weight excluding hydrogens is 330 g/mol. The van der Waals surface area contributed by atoms with Crippen LogP contribution in [0.4, 0.5) is 10.3 Å². The number of aryl methyl sites for hydroxylation is 1. The van der Waals surface area contributed by atoms with E-state index in [2.05, 4.69) is 17.2 Å². The standard InChI is InChI=1S/C16H15N3O2S2/c1-8-2-3-9-13(4-8)22-15(17-9)19-16-18-10-5-11-12(21-7-20-11)6-14(10)23-16/h5-6,8H,2-4,7H2,1H3,(H,17,18,19)/t8-/m1/s1. The Bertz CT molecular complexity index is 861. The zero-order chi connectivity index (χ0) is 15.4. The highest BCUT2D eigenvalue weighted by Gasteiger charge is 2.21. The van der Waals surface area contributed by atoms with Gasteiger partial charge in [0.2, 0.25) is 6.79 Å². The van der Waals surface area contributed by atoms with Gasteiger partial charge in [0.15, 0.2) is 21.8 Å². The van der Waals surface area contributed by atoms with Gasteiger partial charge in [0.05, 0.1) is 15.9 Å². The van der Waals surface area contributed by atoms with Gasteiger partial charge >= 0.3 is 0 Å². The molecule has 0 saturated heterocycles. The molecule has 2 aromatic heterocycles. The number of anilines is 2. The normalized spacial score (nSPS) is 19.1. The van der Waals surface area contributed by atoms with E-state index >= 15 is 0 Å². The van der Waals surface area contributed by atoms with Gasteiger partial charge in [-0.05, 0) is 25.2 Å². The van der Waals surface area contributed by atoms with Crippen molar-refractivity contribution in [2.24, 2.45) is 5.92 Å². The van der Waals surface area contributed by atoms with E-state index < -0.39 is 0 Å². The SMILES string of the molecule is C[C@@H]1CCc2nc(Nc3nc4cc5c(cc4s3)OCO5)sc2C1. The van der Waals surface area contributed by atoms with E-state index in [4.69, 9.17) is 14.5 Å². The fourth-order valence-electron chi connectivity index (χ4n) is 3.06. The second kappa shape index (κ2) is 5.07. The molecule has 0 amide bonds. The van der Waals surface area contributed by atoms with Crippen molar-refractivity contribution in [1.29, 1.82) is 0 Å². The van der Waals surface area contributed by atoms with Crippen LogP contribution >= 0.6 is 22.7 Å². The Morgan fingerprint density at radius 1 is 1.13 bits per heavy atom. The summed E-state index contributed by atoms with van der Waals surface area (Å²) in [5, 5.41) is 5.18. The smallest absolute Gasteiger partial charge is 0.231 e. The lowest BCUT2D eigenvalue weighted by Gasteiger charge is -2.15. The molecule has 0 bridgehead atoms. The lowest BCUT2D eigenvalue weighted by Crippen LogP contribution is -2.09. The van der Waals surface area contributed by atoms with E-state index in [1.54, 1.807) is 22.7 Å². The van der Waals surface area contributed by atoms with Crippen LogP contribution in [0, 0.1) is 5.92 Å². The first kappa shape index (κ1) is 13.6. The van der Waals surface area contributed by atoms with E-state index in [9.17, 15) is 0 Å². The van der Waals surface area contributed by atoms with Crippen LogP contribution in [0.25, 0.3) is 10.2 Å². The van der Waals surface area contributed by atoms with Crippen molar-refractivity contribution in [3.8, 4) is 11.5 Å². The first-order chi connectivity index (χ1) is 11.2. The summed E-state index contributed by atoms with van der Waals surface area (Å²) >= 11 is 3.37. The van der Waals surface area contributed by atoms with Gasteiger partial charge in [-0.2, -0.15) is 0 Å².